The van der Waals surface area contributed by atoms with Crippen LogP contribution >= 0.6 is 0 Å². The predicted molar refractivity (Wildman–Crippen MR) is 75.5 cm³/mol. The van der Waals surface area contributed by atoms with Gasteiger partial charge in [-0.25, -0.2) is 4.79 Å². The van der Waals surface area contributed by atoms with Gasteiger partial charge in [0.05, 0.1) is 5.69 Å². The van der Waals surface area contributed by atoms with E-state index in [1.54, 1.807) is 13.1 Å². The number of urea groups is 1. The summed E-state index contributed by atoms with van der Waals surface area (Å²) in [7, 11) is 1.64. The van der Waals surface area contributed by atoms with Crippen LogP contribution in [0.3, 0.4) is 0 Å². The summed E-state index contributed by atoms with van der Waals surface area (Å²) in [6.45, 7) is 1.93. The standard InChI is InChI=1S/C13H15N5O2/c1-8-4-3-5-9(6-8)15-13(20)16-10-7-18(2)17-11(10)12(14)19/h3-7H,1-2H3,(H2,14,19)(H2,15,16,20). The summed E-state index contributed by atoms with van der Waals surface area (Å²) in [5.74, 6) is -0.698. The number of hydrogen-bond acceptors (Lipinski definition) is 3. The fourth-order valence-corrected chi connectivity index (χ4v) is 1.77. The molecule has 0 aliphatic rings. The van der Waals surface area contributed by atoms with Gasteiger partial charge in [0.1, 0.15) is 0 Å². The molecule has 20 heavy (non-hydrogen) atoms. The van der Waals surface area contributed by atoms with Crippen molar-refractivity contribution in [1.82, 2.24) is 9.78 Å². The lowest BCUT2D eigenvalue weighted by molar-refractivity contribution is 0.0995. The average molecular weight is 273 g/mol. The Labute approximate surface area is 115 Å². The largest absolute Gasteiger partial charge is 0.364 e. The van der Waals surface area contributed by atoms with Crippen LogP contribution in [0.2, 0.25) is 0 Å². The van der Waals surface area contributed by atoms with Crippen LogP contribution in [0.1, 0.15) is 16.1 Å². The van der Waals surface area contributed by atoms with E-state index >= 15 is 0 Å². The van der Waals surface area contributed by atoms with Gasteiger partial charge in [-0.2, -0.15) is 5.10 Å². The maximum absolute atomic E-state index is 11.9. The first-order valence-electron chi connectivity index (χ1n) is 5.94. The van der Waals surface area contributed by atoms with Gasteiger partial charge in [-0.05, 0) is 24.6 Å². The number of carbonyl (C=O) groups is 2. The highest BCUT2D eigenvalue weighted by Crippen LogP contribution is 2.14. The first-order chi connectivity index (χ1) is 9.45. The monoisotopic (exact) mass is 273 g/mol. The van der Waals surface area contributed by atoms with Crippen LogP contribution in [0.15, 0.2) is 30.5 Å². The second-order valence-electron chi connectivity index (χ2n) is 4.38. The molecule has 1 aromatic carbocycles. The van der Waals surface area contributed by atoms with Crippen LogP contribution in [0.25, 0.3) is 0 Å². The lowest BCUT2D eigenvalue weighted by Gasteiger charge is -2.07. The highest BCUT2D eigenvalue weighted by molar-refractivity contribution is 6.05. The fraction of sp³-hybridized carbons (Fsp3) is 0.154. The van der Waals surface area contributed by atoms with Crippen molar-refractivity contribution in [3.8, 4) is 0 Å². The number of nitrogens with one attached hydrogen (secondary N) is 2. The number of primary amides is 1. The molecule has 0 aliphatic carbocycles. The summed E-state index contributed by atoms with van der Waals surface area (Å²) in [6.07, 6.45) is 1.51. The van der Waals surface area contributed by atoms with E-state index in [9.17, 15) is 9.59 Å². The first-order valence-corrected chi connectivity index (χ1v) is 5.94. The molecule has 0 fully saturated rings. The minimum absolute atomic E-state index is 0.0203. The summed E-state index contributed by atoms with van der Waals surface area (Å²) in [5, 5.41) is 9.10. The van der Waals surface area contributed by atoms with E-state index < -0.39 is 11.9 Å². The number of amides is 3. The van der Waals surface area contributed by atoms with Crippen molar-refractivity contribution in [2.24, 2.45) is 12.8 Å². The Morgan fingerprint density at radius 1 is 1.30 bits per heavy atom. The zero-order chi connectivity index (χ0) is 14.7. The second kappa shape index (κ2) is 5.43. The van der Waals surface area contributed by atoms with Crippen molar-refractivity contribution in [2.75, 3.05) is 10.6 Å². The topological polar surface area (TPSA) is 102 Å². The minimum atomic E-state index is -0.698. The summed E-state index contributed by atoms with van der Waals surface area (Å²) < 4.78 is 1.41. The number of hydrogen-bond donors (Lipinski definition) is 3. The predicted octanol–water partition coefficient (Wildman–Crippen LogP) is 1.47. The number of nitrogens with zero attached hydrogens (tertiary/aromatic N) is 2. The maximum Gasteiger partial charge on any atom is 0.323 e. The Morgan fingerprint density at radius 3 is 2.70 bits per heavy atom. The number of aryl methyl sites for hydroxylation is 2. The smallest absolute Gasteiger partial charge is 0.323 e. The third-order valence-corrected chi connectivity index (χ3v) is 2.59. The van der Waals surface area contributed by atoms with E-state index in [2.05, 4.69) is 15.7 Å². The number of rotatable bonds is 3. The van der Waals surface area contributed by atoms with Crippen molar-refractivity contribution in [3.05, 3.63) is 41.7 Å². The molecule has 2 rings (SSSR count). The molecule has 4 N–H and O–H groups in total. The van der Waals surface area contributed by atoms with Gasteiger partial charge in [0.25, 0.3) is 5.91 Å². The maximum atomic E-state index is 11.9. The Morgan fingerprint density at radius 2 is 2.05 bits per heavy atom. The van der Waals surface area contributed by atoms with E-state index in [0.29, 0.717) is 5.69 Å². The minimum Gasteiger partial charge on any atom is -0.364 e. The highest BCUT2D eigenvalue weighted by atomic mass is 16.2. The van der Waals surface area contributed by atoms with Crippen LogP contribution in [-0.4, -0.2) is 21.7 Å². The number of anilines is 2. The van der Waals surface area contributed by atoms with Crippen molar-refractivity contribution >= 4 is 23.3 Å². The van der Waals surface area contributed by atoms with Crippen LogP contribution in [0, 0.1) is 6.92 Å². The molecule has 1 heterocycles. The zero-order valence-electron chi connectivity index (χ0n) is 11.2. The molecule has 0 saturated heterocycles. The summed E-state index contributed by atoms with van der Waals surface area (Å²) in [5.41, 5.74) is 7.17. The number of aromatic nitrogens is 2. The van der Waals surface area contributed by atoms with Crippen LogP contribution in [0.5, 0.6) is 0 Å². The van der Waals surface area contributed by atoms with Crippen molar-refractivity contribution in [2.45, 2.75) is 6.92 Å². The molecule has 0 atom stereocenters. The first kappa shape index (κ1) is 13.6. The van der Waals surface area contributed by atoms with Gasteiger partial charge >= 0.3 is 6.03 Å². The van der Waals surface area contributed by atoms with Gasteiger partial charge in [-0.1, -0.05) is 12.1 Å². The molecule has 0 saturated carbocycles. The van der Waals surface area contributed by atoms with Gasteiger partial charge in [0, 0.05) is 18.9 Å². The fourth-order valence-electron chi connectivity index (χ4n) is 1.77. The van der Waals surface area contributed by atoms with Crippen molar-refractivity contribution < 1.29 is 9.59 Å². The van der Waals surface area contributed by atoms with E-state index in [1.807, 2.05) is 25.1 Å². The second-order valence-corrected chi connectivity index (χ2v) is 4.38. The average Bonchev–Trinajstić information content (AvgIpc) is 2.70. The third kappa shape index (κ3) is 3.14. The van der Waals surface area contributed by atoms with Gasteiger partial charge in [0.2, 0.25) is 0 Å². The van der Waals surface area contributed by atoms with Crippen LogP contribution in [-0.2, 0) is 7.05 Å². The van der Waals surface area contributed by atoms with Gasteiger partial charge in [-0.15, -0.1) is 0 Å². The highest BCUT2D eigenvalue weighted by Gasteiger charge is 2.15. The molecule has 0 radical (unpaired) electrons. The summed E-state index contributed by atoms with van der Waals surface area (Å²) >= 11 is 0. The van der Waals surface area contributed by atoms with Crippen molar-refractivity contribution in [1.29, 1.82) is 0 Å². The van der Waals surface area contributed by atoms with E-state index in [-0.39, 0.29) is 11.4 Å². The van der Waals surface area contributed by atoms with Crippen LogP contribution in [0.4, 0.5) is 16.2 Å². The van der Waals surface area contributed by atoms with Crippen LogP contribution < -0.4 is 16.4 Å². The van der Waals surface area contributed by atoms with Gasteiger partial charge in [0.15, 0.2) is 5.69 Å². The van der Waals surface area contributed by atoms with Gasteiger partial charge in [-0.3, -0.25) is 9.48 Å². The zero-order valence-corrected chi connectivity index (χ0v) is 11.2. The normalized spacial score (nSPS) is 10.1. The number of carbonyl (C=O) groups excluding carboxylic acids is 2. The lowest BCUT2D eigenvalue weighted by atomic mass is 10.2. The van der Waals surface area contributed by atoms with E-state index in [0.717, 1.165) is 5.56 Å². The van der Waals surface area contributed by atoms with Gasteiger partial charge < -0.3 is 16.4 Å². The lowest BCUT2D eigenvalue weighted by Crippen LogP contribution is -2.22. The quantitative estimate of drug-likeness (QED) is 0.789. The third-order valence-electron chi connectivity index (χ3n) is 2.59. The molecule has 0 bridgehead atoms. The van der Waals surface area contributed by atoms with E-state index in [1.165, 1.54) is 10.9 Å². The Kier molecular flexibility index (Phi) is 3.69. The molecule has 1 aromatic heterocycles. The molecule has 0 spiro atoms. The molecule has 7 heteroatoms. The summed E-state index contributed by atoms with van der Waals surface area (Å²) in [4.78, 5) is 23.1. The SMILES string of the molecule is Cc1cccc(NC(=O)Nc2cn(C)nc2C(N)=O)c1. The number of nitrogens with two attached hydrogens (primary N) is 1. The molecule has 104 valence electrons. The Hall–Kier alpha value is -2.83. The molecular formula is C13H15N5O2. The van der Waals surface area contributed by atoms with Crippen molar-refractivity contribution in [3.63, 3.8) is 0 Å². The number of benzene rings is 1. The molecule has 2 aromatic rings. The Balaban J connectivity index is 2.10. The molecule has 0 aliphatic heterocycles. The summed E-state index contributed by atoms with van der Waals surface area (Å²) in [6, 6.07) is 6.90. The molecular weight excluding hydrogens is 258 g/mol. The molecule has 0 unspecified atom stereocenters. The molecule has 3 amide bonds. The molecule has 7 nitrogen and oxygen atoms in total. The Bertz CT molecular complexity index is 663. The van der Waals surface area contributed by atoms with E-state index in [4.69, 9.17) is 5.73 Å².